The summed E-state index contributed by atoms with van der Waals surface area (Å²) in [6.45, 7) is 1.99. The Bertz CT molecular complexity index is 903. The van der Waals surface area contributed by atoms with Crippen molar-refractivity contribution in [2.75, 3.05) is 16.8 Å². The number of hydrogen-bond donors (Lipinski definition) is 3. The first kappa shape index (κ1) is 17.2. The van der Waals surface area contributed by atoms with Crippen molar-refractivity contribution < 1.29 is 9.59 Å². The van der Waals surface area contributed by atoms with E-state index in [2.05, 4.69) is 25.6 Å². The Hall–Kier alpha value is -2.26. The predicted octanol–water partition coefficient (Wildman–Crippen LogP) is 2.36. The van der Waals surface area contributed by atoms with Gasteiger partial charge in [-0.2, -0.15) is 0 Å². The highest BCUT2D eigenvalue weighted by Crippen LogP contribution is 2.38. The average molecular weight is 387 g/mol. The molecule has 2 aromatic rings. The number of thioether (sulfide) groups is 2. The molecule has 1 aromatic carbocycles. The highest BCUT2D eigenvalue weighted by Gasteiger charge is 2.36. The molecule has 26 heavy (non-hydrogen) atoms. The van der Waals surface area contributed by atoms with E-state index in [-0.39, 0.29) is 28.9 Å². The van der Waals surface area contributed by atoms with E-state index in [4.69, 9.17) is 0 Å². The van der Waals surface area contributed by atoms with Gasteiger partial charge in [0.1, 0.15) is 11.2 Å². The van der Waals surface area contributed by atoms with E-state index in [9.17, 15) is 9.59 Å². The lowest BCUT2D eigenvalue weighted by Gasteiger charge is -2.22. The van der Waals surface area contributed by atoms with Crippen LogP contribution in [0.5, 0.6) is 0 Å². The fraction of sp³-hybridized carbons (Fsp3) is 0.294. The minimum Gasteiger partial charge on any atom is -0.324 e. The third kappa shape index (κ3) is 3.63. The molecule has 3 heterocycles. The quantitative estimate of drug-likeness (QED) is 0.731. The van der Waals surface area contributed by atoms with Gasteiger partial charge in [-0.3, -0.25) is 19.9 Å². The molecule has 0 spiro atoms. The normalized spacial score (nSPS) is 21.8. The third-order valence-electron chi connectivity index (χ3n) is 4.00. The van der Waals surface area contributed by atoms with Gasteiger partial charge in [-0.25, -0.2) is 4.98 Å². The average Bonchev–Trinajstić information content (AvgIpc) is 3.17. The van der Waals surface area contributed by atoms with E-state index in [1.807, 2.05) is 37.3 Å². The van der Waals surface area contributed by atoms with Crippen LogP contribution < -0.4 is 10.6 Å². The number of rotatable bonds is 5. The van der Waals surface area contributed by atoms with Gasteiger partial charge < -0.3 is 10.3 Å². The molecule has 134 valence electrons. The summed E-state index contributed by atoms with van der Waals surface area (Å²) in [5.74, 6) is 1.47. The van der Waals surface area contributed by atoms with E-state index in [1.54, 1.807) is 11.8 Å². The lowest BCUT2D eigenvalue weighted by molar-refractivity contribution is -0.122. The van der Waals surface area contributed by atoms with E-state index in [1.165, 1.54) is 11.8 Å². The number of hydrogen-bond acceptors (Lipinski definition) is 6. The van der Waals surface area contributed by atoms with Crippen LogP contribution in [-0.4, -0.2) is 44.5 Å². The zero-order chi connectivity index (χ0) is 18.1. The Morgan fingerprint density at radius 1 is 1.38 bits per heavy atom. The molecule has 9 heteroatoms. The molecule has 0 bridgehead atoms. The number of carbonyl (C=O) groups is 2. The molecular formula is C17H17N5O2S2. The Kier molecular flexibility index (Phi) is 4.73. The minimum atomic E-state index is -0.176. The number of benzene rings is 1. The van der Waals surface area contributed by atoms with Gasteiger partial charge in [-0.05, 0) is 24.0 Å². The Labute approximate surface area is 158 Å². The van der Waals surface area contributed by atoms with Crippen LogP contribution in [0.25, 0.3) is 11.0 Å². The highest BCUT2D eigenvalue weighted by molar-refractivity contribution is 8.04. The molecular weight excluding hydrogens is 370 g/mol. The number of imidazole rings is 1. The van der Waals surface area contributed by atoms with Crippen LogP contribution in [0, 0.1) is 5.92 Å². The molecule has 3 N–H and O–H groups in total. The molecule has 2 aliphatic rings. The number of aliphatic imine (C=N–C) groups is 1. The van der Waals surface area contributed by atoms with Crippen molar-refractivity contribution in [1.82, 2.24) is 15.3 Å². The van der Waals surface area contributed by atoms with Gasteiger partial charge in [-0.1, -0.05) is 18.2 Å². The van der Waals surface area contributed by atoms with Gasteiger partial charge in [0.05, 0.1) is 28.5 Å². The van der Waals surface area contributed by atoms with Crippen LogP contribution in [0.3, 0.4) is 0 Å². The van der Waals surface area contributed by atoms with Crippen molar-refractivity contribution in [3.05, 3.63) is 35.2 Å². The van der Waals surface area contributed by atoms with Gasteiger partial charge in [0.2, 0.25) is 17.8 Å². The second kappa shape index (κ2) is 7.16. The first-order valence-electron chi connectivity index (χ1n) is 8.13. The van der Waals surface area contributed by atoms with Gasteiger partial charge >= 0.3 is 0 Å². The summed E-state index contributed by atoms with van der Waals surface area (Å²) in [5, 5.41) is 5.52. The molecule has 0 aliphatic carbocycles. The first-order chi connectivity index (χ1) is 12.6. The van der Waals surface area contributed by atoms with Gasteiger partial charge in [0.25, 0.3) is 0 Å². The van der Waals surface area contributed by atoms with E-state index in [0.717, 1.165) is 15.9 Å². The number of fused-ring (bicyclic) bond motifs is 2. The molecule has 2 aliphatic heterocycles. The number of amides is 2. The van der Waals surface area contributed by atoms with Crippen LogP contribution in [0.2, 0.25) is 0 Å². The topological polar surface area (TPSA) is 99.2 Å². The number of amidine groups is 1. The molecule has 0 fully saturated rings. The summed E-state index contributed by atoms with van der Waals surface area (Å²) in [7, 11) is 0. The SMILES string of the molecule is CC1=C[C@@H]2C(=O)NC(CSCC(=O)Nc3nc4ccccc4[nH]3)=N[C@@H]2S1. The van der Waals surface area contributed by atoms with Crippen LogP contribution in [0.4, 0.5) is 5.95 Å². The van der Waals surface area contributed by atoms with Crippen molar-refractivity contribution in [1.29, 1.82) is 0 Å². The summed E-state index contributed by atoms with van der Waals surface area (Å²) in [6.07, 6.45) is 1.96. The number of aromatic nitrogens is 2. The molecule has 0 unspecified atom stereocenters. The second-order valence-electron chi connectivity index (χ2n) is 6.02. The smallest absolute Gasteiger partial charge is 0.236 e. The Morgan fingerprint density at radius 3 is 3.08 bits per heavy atom. The Morgan fingerprint density at radius 2 is 2.23 bits per heavy atom. The summed E-state index contributed by atoms with van der Waals surface area (Å²) in [4.78, 5) is 37.3. The number of aromatic amines is 1. The van der Waals surface area contributed by atoms with Crippen molar-refractivity contribution >= 4 is 58.2 Å². The third-order valence-corrected chi connectivity index (χ3v) is 6.09. The van der Waals surface area contributed by atoms with E-state index >= 15 is 0 Å². The maximum Gasteiger partial charge on any atom is 0.236 e. The minimum absolute atomic E-state index is 0.0170. The monoisotopic (exact) mass is 387 g/mol. The van der Waals surface area contributed by atoms with Crippen LogP contribution in [0.1, 0.15) is 6.92 Å². The summed E-state index contributed by atoms with van der Waals surface area (Å²) in [5.41, 5.74) is 1.68. The van der Waals surface area contributed by atoms with Gasteiger partial charge in [-0.15, -0.1) is 23.5 Å². The van der Waals surface area contributed by atoms with E-state index < -0.39 is 0 Å². The number of allylic oxidation sites excluding steroid dienone is 1. The number of anilines is 1. The van der Waals surface area contributed by atoms with Crippen molar-refractivity contribution in [2.24, 2.45) is 10.9 Å². The molecule has 7 nitrogen and oxygen atoms in total. The highest BCUT2D eigenvalue weighted by atomic mass is 32.2. The number of carbonyl (C=O) groups excluding carboxylic acids is 2. The number of para-hydroxylation sites is 2. The maximum absolute atomic E-state index is 12.1. The second-order valence-corrected chi connectivity index (χ2v) is 8.37. The van der Waals surface area contributed by atoms with Crippen LogP contribution in [-0.2, 0) is 9.59 Å². The summed E-state index contributed by atoms with van der Waals surface area (Å²) < 4.78 is 0. The number of H-pyrrole nitrogens is 1. The molecule has 0 saturated carbocycles. The van der Waals surface area contributed by atoms with Gasteiger partial charge in [0.15, 0.2) is 0 Å². The van der Waals surface area contributed by atoms with Crippen LogP contribution >= 0.6 is 23.5 Å². The first-order valence-corrected chi connectivity index (χ1v) is 10.2. The number of nitrogens with one attached hydrogen (secondary N) is 3. The lowest BCUT2D eigenvalue weighted by atomic mass is 10.1. The summed E-state index contributed by atoms with van der Waals surface area (Å²) >= 11 is 3.02. The van der Waals surface area contributed by atoms with E-state index in [0.29, 0.717) is 17.5 Å². The predicted molar refractivity (Wildman–Crippen MR) is 106 cm³/mol. The lowest BCUT2D eigenvalue weighted by Crippen LogP contribution is -2.44. The molecule has 1 aromatic heterocycles. The largest absolute Gasteiger partial charge is 0.324 e. The van der Waals surface area contributed by atoms with Crippen molar-refractivity contribution in [3.8, 4) is 0 Å². The zero-order valence-electron chi connectivity index (χ0n) is 14.0. The number of nitrogens with zero attached hydrogens (tertiary/aromatic N) is 2. The fourth-order valence-corrected chi connectivity index (χ4v) is 4.69. The molecule has 2 amide bonds. The standard InChI is InChI=1S/C17H17N5O2S2/c1-9-6-10-15(24)20-13(21-16(10)26-9)7-25-8-14(23)22-17-18-11-4-2-3-5-12(11)19-17/h2-6,10,16H,7-8H2,1H3,(H,20,21,24)(H2,18,19,22,23)/t10-,16-/m1/s1. The van der Waals surface area contributed by atoms with Crippen molar-refractivity contribution in [3.63, 3.8) is 0 Å². The molecule has 0 radical (unpaired) electrons. The Balaban J connectivity index is 1.28. The maximum atomic E-state index is 12.1. The summed E-state index contributed by atoms with van der Waals surface area (Å²) in [6, 6.07) is 7.59. The fourth-order valence-electron chi connectivity index (χ4n) is 2.86. The zero-order valence-corrected chi connectivity index (χ0v) is 15.6. The molecule has 2 atom stereocenters. The molecule has 0 saturated heterocycles. The van der Waals surface area contributed by atoms with Crippen LogP contribution in [0.15, 0.2) is 40.2 Å². The van der Waals surface area contributed by atoms with Gasteiger partial charge in [0, 0.05) is 0 Å². The molecule has 4 rings (SSSR count). The van der Waals surface area contributed by atoms with Crippen molar-refractivity contribution in [2.45, 2.75) is 12.3 Å².